The van der Waals surface area contributed by atoms with Crippen molar-refractivity contribution in [2.24, 2.45) is 0 Å². The first-order chi connectivity index (χ1) is 13.0. The molecule has 0 heterocycles. The second-order valence-electron chi connectivity index (χ2n) is 6.71. The molecule has 2 aromatic carbocycles. The summed E-state index contributed by atoms with van der Waals surface area (Å²) in [5, 5.41) is 14.2. The van der Waals surface area contributed by atoms with Gasteiger partial charge in [-0.25, -0.2) is 0 Å². The number of hydrogen-bond acceptors (Lipinski definition) is 5. The number of aliphatic hydroxyl groups excluding tert-OH is 1. The van der Waals surface area contributed by atoms with Crippen LogP contribution in [0.15, 0.2) is 48.5 Å². The Morgan fingerprint density at radius 2 is 1.70 bits per heavy atom. The minimum absolute atomic E-state index is 0.207. The van der Waals surface area contributed by atoms with Crippen LogP contribution in [0.1, 0.15) is 17.2 Å². The van der Waals surface area contributed by atoms with E-state index in [1.165, 1.54) is 5.56 Å². The molecule has 6 heteroatoms. The molecule has 2 rings (SSSR count). The van der Waals surface area contributed by atoms with Crippen LogP contribution in [-0.4, -0.2) is 57.0 Å². The van der Waals surface area contributed by atoms with Gasteiger partial charge in [0, 0.05) is 24.2 Å². The molecule has 2 atom stereocenters. The fourth-order valence-corrected chi connectivity index (χ4v) is 2.89. The van der Waals surface area contributed by atoms with Gasteiger partial charge in [0.15, 0.2) is 0 Å². The number of nitrogens with one attached hydrogen (secondary N) is 1. The van der Waals surface area contributed by atoms with Crippen molar-refractivity contribution in [2.75, 3.05) is 40.9 Å². The second kappa shape index (κ2) is 11.3. The highest BCUT2D eigenvalue weighted by Gasteiger charge is 2.14. The van der Waals surface area contributed by atoms with Gasteiger partial charge in [0.1, 0.15) is 5.75 Å². The Morgan fingerprint density at radius 3 is 2.30 bits per heavy atom. The van der Waals surface area contributed by atoms with Gasteiger partial charge in [0.2, 0.25) is 0 Å². The molecule has 0 saturated carbocycles. The molecular weight excluding hydrogens is 364 g/mol. The molecule has 27 heavy (non-hydrogen) atoms. The van der Waals surface area contributed by atoms with Gasteiger partial charge in [-0.15, -0.1) is 0 Å². The first kappa shape index (κ1) is 21.7. The van der Waals surface area contributed by atoms with E-state index in [0.717, 1.165) is 17.9 Å². The van der Waals surface area contributed by atoms with E-state index >= 15 is 0 Å². The quantitative estimate of drug-likeness (QED) is 0.615. The number of benzene rings is 2. The van der Waals surface area contributed by atoms with E-state index < -0.39 is 6.10 Å². The van der Waals surface area contributed by atoms with Crippen LogP contribution in [0.2, 0.25) is 5.02 Å². The normalized spacial score (nSPS) is 13.6. The van der Waals surface area contributed by atoms with Crippen LogP contribution in [0.5, 0.6) is 5.75 Å². The largest absolute Gasteiger partial charge is 0.497 e. The van der Waals surface area contributed by atoms with Crippen molar-refractivity contribution in [1.29, 1.82) is 0 Å². The number of hydrogen-bond donors (Lipinski definition) is 2. The van der Waals surface area contributed by atoms with E-state index in [1.807, 2.05) is 50.5 Å². The third-order valence-electron chi connectivity index (χ3n) is 4.33. The van der Waals surface area contributed by atoms with Crippen molar-refractivity contribution in [3.63, 3.8) is 0 Å². The summed E-state index contributed by atoms with van der Waals surface area (Å²) in [5.41, 5.74) is 2.23. The molecule has 2 N–H and O–H groups in total. The van der Waals surface area contributed by atoms with Gasteiger partial charge in [-0.1, -0.05) is 35.9 Å². The summed E-state index contributed by atoms with van der Waals surface area (Å²) in [6.45, 7) is 1.94. The third kappa shape index (κ3) is 7.48. The fraction of sp³-hybridized carbons (Fsp3) is 0.429. The van der Waals surface area contributed by atoms with Gasteiger partial charge in [-0.05, 0) is 49.5 Å². The summed E-state index contributed by atoms with van der Waals surface area (Å²) >= 11 is 5.86. The maximum Gasteiger partial charge on any atom is 0.118 e. The highest BCUT2D eigenvalue weighted by atomic mass is 35.5. The predicted octanol–water partition coefficient (Wildman–Crippen LogP) is 3.12. The predicted molar refractivity (Wildman–Crippen MR) is 109 cm³/mol. The zero-order valence-electron chi connectivity index (χ0n) is 16.2. The van der Waals surface area contributed by atoms with E-state index in [0.29, 0.717) is 18.2 Å². The molecule has 2 aromatic rings. The zero-order chi connectivity index (χ0) is 19.6. The molecule has 0 radical (unpaired) electrons. The molecule has 0 aromatic heterocycles. The van der Waals surface area contributed by atoms with Crippen LogP contribution in [0.4, 0.5) is 0 Å². The summed E-state index contributed by atoms with van der Waals surface area (Å²) in [6.07, 6.45) is -0.559. The minimum Gasteiger partial charge on any atom is -0.497 e. The maximum absolute atomic E-state index is 10.1. The van der Waals surface area contributed by atoms with E-state index in [1.54, 1.807) is 7.11 Å². The highest BCUT2D eigenvalue weighted by molar-refractivity contribution is 6.30. The van der Waals surface area contributed by atoms with Crippen LogP contribution < -0.4 is 10.1 Å². The minimum atomic E-state index is -0.559. The molecule has 148 valence electrons. The van der Waals surface area contributed by atoms with Gasteiger partial charge >= 0.3 is 0 Å². The summed E-state index contributed by atoms with van der Waals surface area (Å²) < 4.78 is 10.8. The van der Waals surface area contributed by atoms with Gasteiger partial charge in [0.05, 0.1) is 26.4 Å². The van der Waals surface area contributed by atoms with E-state index in [2.05, 4.69) is 22.3 Å². The SMILES string of the molecule is COc1ccc([C@H](CNC[C@H](O)COCc2ccc(Cl)cc2)N(C)C)cc1. The molecule has 0 aliphatic rings. The average molecular weight is 393 g/mol. The molecule has 0 fully saturated rings. The maximum atomic E-state index is 10.1. The topological polar surface area (TPSA) is 54.0 Å². The zero-order valence-corrected chi connectivity index (χ0v) is 16.9. The van der Waals surface area contributed by atoms with Crippen molar-refractivity contribution in [3.05, 3.63) is 64.7 Å². The van der Waals surface area contributed by atoms with Crippen molar-refractivity contribution in [3.8, 4) is 5.75 Å². The van der Waals surface area contributed by atoms with Gasteiger partial charge < -0.3 is 24.8 Å². The van der Waals surface area contributed by atoms with Crippen LogP contribution >= 0.6 is 11.6 Å². The number of halogens is 1. The Hall–Kier alpha value is -1.63. The van der Waals surface area contributed by atoms with Gasteiger partial charge in [0.25, 0.3) is 0 Å². The fourth-order valence-electron chi connectivity index (χ4n) is 2.76. The first-order valence-corrected chi connectivity index (χ1v) is 9.38. The van der Waals surface area contributed by atoms with Crippen molar-refractivity contribution >= 4 is 11.6 Å². The molecule has 0 spiro atoms. The van der Waals surface area contributed by atoms with Crippen LogP contribution in [0.3, 0.4) is 0 Å². The molecule has 0 aliphatic heterocycles. The monoisotopic (exact) mass is 392 g/mol. The number of ether oxygens (including phenoxy) is 2. The Kier molecular flexibility index (Phi) is 9.04. The number of aliphatic hydroxyl groups is 1. The second-order valence-corrected chi connectivity index (χ2v) is 7.14. The summed E-state index contributed by atoms with van der Waals surface area (Å²) in [7, 11) is 5.75. The van der Waals surface area contributed by atoms with Gasteiger partial charge in [-0.2, -0.15) is 0 Å². The molecule has 0 aliphatic carbocycles. The Bertz CT molecular complexity index is 662. The first-order valence-electron chi connectivity index (χ1n) is 9.01. The van der Waals surface area contributed by atoms with Crippen LogP contribution in [0, 0.1) is 0 Å². The lowest BCUT2D eigenvalue weighted by Gasteiger charge is -2.26. The smallest absolute Gasteiger partial charge is 0.118 e. The molecule has 0 unspecified atom stereocenters. The van der Waals surface area contributed by atoms with Crippen LogP contribution in [0.25, 0.3) is 0 Å². The third-order valence-corrected chi connectivity index (χ3v) is 4.59. The summed E-state index contributed by atoms with van der Waals surface area (Å²) in [5.74, 6) is 0.845. The Morgan fingerprint density at radius 1 is 1.04 bits per heavy atom. The van der Waals surface area contributed by atoms with Crippen molar-refractivity contribution in [1.82, 2.24) is 10.2 Å². The van der Waals surface area contributed by atoms with Gasteiger partial charge in [-0.3, -0.25) is 0 Å². The Labute approximate surface area is 166 Å². The highest BCUT2D eigenvalue weighted by Crippen LogP contribution is 2.20. The molecule has 0 amide bonds. The lowest BCUT2D eigenvalue weighted by molar-refractivity contribution is 0.0283. The van der Waals surface area contributed by atoms with Crippen LogP contribution in [-0.2, 0) is 11.3 Å². The average Bonchev–Trinajstić information content (AvgIpc) is 2.67. The van der Waals surface area contributed by atoms with E-state index in [-0.39, 0.29) is 12.6 Å². The van der Waals surface area contributed by atoms with Crippen molar-refractivity contribution < 1.29 is 14.6 Å². The molecular formula is C21H29ClN2O3. The number of nitrogens with zero attached hydrogens (tertiary/aromatic N) is 1. The summed E-state index contributed by atoms with van der Waals surface area (Å²) in [6, 6.07) is 15.8. The molecule has 0 bridgehead atoms. The number of methoxy groups -OCH3 is 1. The van der Waals surface area contributed by atoms with Crippen molar-refractivity contribution in [2.45, 2.75) is 18.8 Å². The van der Waals surface area contributed by atoms with E-state index in [4.69, 9.17) is 21.1 Å². The Balaban J connectivity index is 1.72. The summed E-state index contributed by atoms with van der Waals surface area (Å²) in [4.78, 5) is 2.15. The van der Waals surface area contributed by atoms with E-state index in [9.17, 15) is 5.11 Å². The number of rotatable bonds is 11. The lowest BCUT2D eigenvalue weighted by atomic mass is 10.1. The number of likely N-dealkylation sites (N-methyl/N-ethyl adjacent to an activating group) is 1. The lowest BCUT2D eigenvalue weighted by Crippen LogP contribution is -2.36. The standard InChI is InChI=1S/C21H29ClN2O3/c1-24(2)21(17-6-10-20(26-3)11-7-17)13-23-12-19(25)15-27-14-16-4-8-18(22)9-5-16/h4-11,19,21,23,25H,12-15H2,1-3H3/t19-,21-/m0/s1. The molecule has 0 saturated heterocycles. The molecule has 5 nitrogen and oxygen atoms in total.